The highest BCUT2D eigenvalue weighted by atomic mass is 16.5. The van der Waals surface area contributed by atoms with E-state index in [0.29, 0.717) is 6.42 Å². The largest absolute Gasteiger partial charge is 0.481 e. The first kappa shape index (κ1) is 37.7. The minimum absolute atomic E-state index is 0.0134. The summed E-state index contributed by atoms with van der Waals surface area (Å²) in [4.78, 5) is 71.2. The van der Waals surface area contributed by atoms with Crippen molar-refractivity contribution in [2.75, 3.05) is 39.4 Å². The van der Waals surface area contributed by atoms with Crippen LogP contribution in [0, 0.1) is 17.8 Å². The highest BCUT2D eigenvalue weighted by Gasteiger charge is 2.27. The molecule has 0 heterocycles. The maximum atomic E-state index is 12.6. The van der Waals surface area contributed by atoms with E-state index in [1.807, 2.05) is 6.92 Å². The van der Waals surface area contributed by atoms with E-state index in [0.717, 1.165) is 0 Å². The molecule has 0 saturated carbocycles. The third-order valence-corrected chi connectivity index (χ3v) is 6.50. The number of nitrogens with one attached hydrogen (secondary N) is 2. The highest BCUT2D eigenvalue weighted by Crippen LogP contribution is 2.19. The lowest BCUT2D eigenvalue weighted by atomic mass is 9.88. The first-order valence-electron chi connectivity index (χ1n) is 13.8. The number of esters is 2. The number of hydrogen-bond donors (Lipinski definition) is 5. The van der Waals surface area contributed by atoms with Crippen molar-refractivity contribution in [3.8, 4) is 0 Å². The van der Waals surface area contributed by atoms with Gasteiger partial charge in [-0.1, -0.05) is 20.8 Å². The fraction of sp³-hybridized carbons (Fsp3) is 0.778. The second-order valence-electron chi connectivity index (χ2n) is 10.3. The van der Waals surface area contributed by atoms with Crippen LogP contribution >= 0.6 is 0 Å². The Morgan fingerprint density at radius 2 is 1.44 bits per heavy atom. The predicted octanol–water partition coefficient (Wildman–Crippen LogP) is -0.161. The monoisotopic (exact) mass is 589 g/mol. The Balaban J connectivity index is 4.77. The van der Waals surface area contributed by atoms with E-state index in [1.165, 1.54) is 18.7 Å². The Morgan fingerprint density at radius 1 is 0.854 bits per heavy atom. The molecule has 236 valence electrons. The molecule has 0 unspecified atom stereocenters. The molecule has 3 amide bonds. The molecule has 0 aromatic carbocycles. The van der Waals surface area contributed by atoms with Crippen LogP contribution in [-0.2, 0) is 38.2 Å². The number of rotatable bonds is 21. The van der Waals surface area contributed by atoms with E-state index < -0.39 is 53.8 Å². The number of aliphatic carboxylic acids is 1. The summed E-state index contributed by atoms with van der Waals surface area (Å²) in [5.41, 5.74) is 0. The van der Waals surface area contributed by atoms with Crippen LogP contribution in [0.1, 0.15) is 66.7 Å². The van der Waals surface area contributed by atoms with Crippen LogP contribution in [0.4, 0.5) is 0 Å². The molecule has 0 spiro atoms. The van der Waals surface area contributed by atoms with Gasteiger partial charge in [-0.25, -0.2) is 0 Å². The number of nitrogens with zero attached hydrogens (tertiary/aromatic N) is 1. The molecule has 5 N–H and O–H groups in total. The molecule has 14 heteroatoms. The molecule has 0 aromatic heterocycles. The predicted molar refractivity (Wildman–Crippen MR) is 146 cm³/mol. The molecular weight excluding hydrogens is 542 g/mol. The first-order chi connectivity index (χ1) is 19.1. The van der Waals surface area contributed by atoms with E-state index in [1.54, 1.807) is 13.8 Å². The lowest BCUT2D eigenvalue weighted by molar-refractivity contribution is -0.143. The number of carboxylic acid groups (broad SMARTS) is 1. The van der Waals surface area contributed by atoms with Gasteiger partial charge in [0, 0.05) is 46.4 Å². The van der Waals surface area contributed by atoms with Crippen LogP contribution in [0.15, 0.2) is 0 Å². The van der Waals surface area contributed by atoms with Crippen molar-refractivity contribution in [3.63, 3.8) is 0 Å². The zero-order valence-corrected chi connectivity index (χ0v) is 24.7. The minimum Gasteiger partial charge on any atom is -0.481 e. The Kier molecular flexibility index (Phi) is 19.0. The summed E-state index contributed by atoms with van der Waals surface area (Å²) in [6, 6.07) is 0. The SMILES string of the molecule is CC(=O)OCC[C@@H](C)[C@H](C)[C@@H](O)C(=O)NCCN(CCNC(=O)C[C@@H](O)C[C@H](C)COC(C)=O)C(=O)CCC(=O)O. The average molecular weight is 590 g/mol. The molecule has 0 rings (SSSR count). The highest BCUT2D eigenvalue weighted by molar-refractivity contribution is 5.82. The van der Waals surface area contributed by atoms with Crippen LogP contribution in [-0.4, -0.2) is 107 Å². The molecule has 0 saturated heterocycles. The second-order valence-corrected chi connectivity index (χ2v) is 10.3. The van der Waals surface area contributed by atoms with E-state index in [2.05, 4.69) is 10.6 Å². The Labute approximate surface area is 241 Å². The number of ether oxygens (including phenoxy) is 2. The van der Waals surface area contributed by atoms with Crippen molar-refractivity contribution >= 4 is 35.6 Å². The standard InChI is InChI=1S/C27H47N3O11/c1-17(16-41-21(5)32)14-22(33)15-23(34)28-9-11-30(24(35)6-7-25(36)37)12-10-29-27(39)26(38)19(3)18(2)8-13-40-20(4)31/h17-19,22,26,33,38H,6-16H2,1-5H3,(H,28,34)(H,29,39)(H,36,37)/t17-,18+,19-,22-,26+/m0/s1. The van der Waals surface area contributed by atoms with Gasteiger partial charge in [-0.3, -0.25) is 28.8 Å². The summed E-state index contributed by atoms with van der Waals surface area (Å²) >= 11 is 0. The van der Waals surface area contributed by atoms with E-state index in [9.17, 15) is 39.0 Å². The van der Waals surface area contributed by atoms with Crippen molar-refractivity contribution in [1.82, 2.24) is 15.5 Å². The number of carbonyl (C=O) groups is 6. The van der Waals surface area contributed by atoms with Crippen LogP contribution in [0.25, 0.3) is 0 Å². The van der Waals surface area contributed by atoms with Gasteiger partial charge in [0.25, 0.3) is 0 Å². The summed E-state index contributed by atoms with van der Waals surface area (Å²) in [6.45, 7) is 8.23. The molecule has 14 nitrogen and oxygen atoms in total. The van der Waals surface area contributed by atoms with Gasteiger partial charge in [-0.05, 0) is 30.6 Å². The molecular formula is C27H47N3O11. The second kappa shape index (κ2) is 20.6. The molecule has 0 fully saturated rings. The number of amides is 3. The van der Waals surface area contributed by atoms with E-state index in [4.69, 9.17) is 14.6 Å². The molecule has 0 radical (unpaired) electrons. The molecule has 0 aliphatic carbocycles. The Hall–Kier alpha value is -3.26. The number of carbonyl (C=O) groups excluding carboxylic acids is 5. The van der Waals surface area contributed by atoms with Gasteiger partial charge in [0.1, 0.15) is 6.10 Å². The normalized spacial score (nSPS) is 14.5. The number of hydrogen-bond acceptors (Lipinski definition) is 10. The summed E-state index contributed by atoms with van der Waals surface area (Å²) in [6.07, 6.45) is -2.42. The fourth-order valence-corrected chi connectivity index (χ4v) is 3.85. The lowest BCUT2D eigenvalue weighted by Crippen LogP contribution is -2.46. The van der Waals surface area contributed by atoms with Gasteiger partial charge in [-0.15, -0.1) is 0 Å². The smallest absolute Gasteiger partial charge is 0.303 e. The zero-order valence-electron chi connectivity index (χ0n) is 24.7. The quantitative estimate of drug-likeness (QED) is 0.111. The maximum absolute atomic E-state index is 12.6. The van der Waals surface area contributed by atoms with Crippen molar-refractivity contribution in [3.05, 3.63) is 0 Å². The van der Waals surface area contributed by atoms with Gasteiger partial charge in [0.2, 0.25) is 17.7 Å². The third kappa shape index (κ3) is 18.7. The molecule has 41 heavy (non-hydrogen) atoms. The number of carboxylic acids is 1. The molecule has 5 atom stereocenters. The Morgan fingerprint density at radius 3 is 2.00 bits per heavy atom. The Bertz CT molecular complexity index is 867. The van der Waals surface area contributed by atoms with Crippen LogP contribution in [0.5, 0.6) is 0 Å². The van der Waals surface area contributed by atoms with Crippen LogP contribution in [0.2, 0.25) is 0 Å². The summed E-state index contributed by atoms with van der Waals surface area (Å²) in [7, 11) is 0. The number of aliphatic hydroxyl groups excluding tert-OH is 2. The van der Waals surface area contributed by atoms with Gasteiger partial charge in [-0.2, -0.15) is 0 Å². The van der Waals surface area contributed by atoms with Crippen molar-refractivity contribution in [2.45, 2.75) is 78.9 Å². The van der Waals surface area contributed by atoms with Crippen molar-refractivity contribution < 1.29 is 53.6 Å². The van der Waals surface area contributed by atoms with Gasteiger partial charge >= 0.3 is 17.9 Å². The minimum atomic E-state index is -1.33. The van der Waals surface area contributed by atoms with Crippen LogP contribution in [0.3, 0.4) is 0 Å². The van der Waals surface area contributed by atoms with Crippen molar-refractivity contribution in [2.24, 2.45) is 17.8 Å². The maximum Gasteiger partial charge on any atom is 0.303 e. The molecule has 0 aliphatic heterocycles. The van der Waals surface area contributed by atoms with Crippen molar-refractivity contribution in [1.29, 1.82) is 0 Å². The van der Waals surface area contributed by atoms with Gasteiger partial charge in [0.05, 0.1) is 32.2 Å². The summed E-state index contributed by atoms with van der Waals surface area (Å²) < 4.78 is 9.78. The van der Waals surface area contributed by atoms with E-state index in [-0.39, 0.29) is 76.9 Å². The fourth-order valence-electron chi connectivity index (χ4n) is 3.85. The zero-order chi connectivity index (χ0) is 31.5. The van der Waals surface area contributed by atoms with E-state index >= 15 is 0 Å². The van der Waals surface area contributed by atoms with Gasteiger partial charge < -0.3 is 40.3 Å². The summed E-state index contributed by atoms with van der Waals surface area (Å²) in [5.74, 6) is -4.27. The number of aliphatic hydroxyl groups is 2. The third-order valence-electron chi connectivity index (χ3n) is 6.50. The summed E-state index contributed by atoms with van der Waals surface area (Å²) in [5, 5.41) is 34.6. The molecule has 0 bridgehead atoms. The topological polar surface area (TPSA) is 209 Å². The average Bonchev–Trinajstić information content (AvgIpc) is 2.88. The molecule has 0 aromatic rings. The first-order valence-corrected chi connectivity index (χ1v) is 13.8. The van der Waals surface area contributed by atoms with Gasteiger partial charge in [0.15, 0.2) is 0 Å². The lowest BCUT2D eigenvalue weighted by Gasteiger charge is -2.26. The van der Waals surface area contributed by atoms with Crippen LogP contribution < -0.4 is 10.6 Å². The molecule has 0 aliphatic rings.